The summed E-state index contributed by atoms with van der Waals surface area (Å²) >= 11 is 0. The Morgan fingerprint density at radius 2 is 1.70 bits per heavy atom. The summed E-state index contributed by atoms with van der Waals surface area (Å²) in [6, 6.07) is 14.8. The van der Waals surface area contributed by atoms with E-state index in [0.29, 0.717) is 18.7 Å². The van der Waals surface area contributed by atoms with Gasteiger partial charge in [0.2, 0.25) is 15.9 Å². The highest BCUT2D eigenvalue weighted by atomic mass is 32.2. The molecule has 146 valence electrons. The number of hydrogen-bond acceptors (Lipinski definition) is 4. The summed E-state index contributed by atoms with van der Waals surface area (Å²) in [7, 11) is -1.80. The number of methoxy groups -OCH3 is 1. The Balaban J connectivity index is 1.84. The van der Waals surface area contributed by atoms with Gasteiger partial charge in [-0.2, -0.15) is 0 Å². The molecule has 0 spiro atoms. The van der Waals surface area contributed by atoms with Gasteiger partial charge in [0.1, 0.15) is 5.75 Å². The molecule has 0 heterocycles. The van der Waals surface area contributed by atoms with Crippen LogP contribution >= 0.6 is 0 Å². The van der Waals surface area contributed by atoms with Crippen LogP contribution in [0.3, 0.4) is 0 Å². The van der Waals surface area contributed by atoms with Gasteiger partial charge < -0.3 is 10.1 Å². The van der Waals surface area contributed by atoms with E-state index in [4.69, 9.17) is 4.74 Å². The number of benzene rings is 2. The van der Waals surface area contributed by atoms with Crippen LogP contribution in [0, 0.1) is 6.92 Å². The third kappa shape index (κ3) is 6.60. The zero-order valence-corrected chi connectivity index (χ0v) is 16.8. The molecule has 0 bridgehead atoms. The highest BCUT2D eigenvalue weighted by Gasteiger charge is 2.17. The first kappa shape index (κ1) is 20.8. The molecule has 2 rings (SSSR count). The van der Waals surface area contributed by atoms with Crippen molar-refractivity contribution in [2.75, 3.05) is 24.2 Å². The average Bonchev–Trinajstić information content (AvgIpc) is 2.64. The summed E-state index contributed by atoms with van der Waals surface area (Å²) in [5.74, 6) is 0.658. The number of nitrogens with zero attached hydrogens (tertiary/aromatic N) is 1. The van der Waals surface area contributed by atoms with Crippen LogP contribution in [0.4, 0.5) is 5.69 Å². The minimum absolute atomic E-state index is 0.108. The summed E-state index contributed by atoms with van der Waals surface area (Å²) in [5, 5.41) is 2.85. The first-order valence-corrected chi connectivity index (χ1v) is 10.6. The molecule has 0 saturated heterocycles. The molecule has 0 aliphatic rings. The first-order valence-electron chi connectivity index (χ1n) is 8.73. The van der Waals surface area contributed by atoms with Gasteiger partial charge in [-0.05, 0) is 43.2 Å². The highest BCUT2D eigenvalue weighted by Crippen LogP contribution is 2.19. The molecule has 1 N–H and O–H groups in total. The average molecular weight is 391 g/mol. The van der Waals surface area contributed by atoms with Crippen LogP contribution in [0.25, 0.3) is 0 Å². The van der Waals surface area contributed by atoms with Crippen molar-refractivity contribution < 1.29 is 17.9 Å². The standard InChI is InChI=1S/C20H26N2O4S/c1-16-6-10-18(11-7-16)22(27(3,24)25)14-4-5-20(23)21-15-17-8-12-19(26-2)13-9-17/h6-13H,4-5,14-15H2,1-3H3,(H,21,23). The normalized spacial score (nSPS) is 11.1. The summed E-state index contributed by atoms with van der Waals surface area (Å²) in [4.78, 5) is 12.0. The van der Waals surface area contributed by atoms with Crippen molar-refractivity contribution in [3.8, 4) is 5.75 Å². The van der Waals surface area contributed by atoms with Crippen LogP contribution in [0.5, 0.6) is 5.75 Å². The maximum atomic E-state index is 12.1. The lowest BCUT2D eigenvalue weighted by molar-refractivity contribution is -0.121. The van der Waals surface area contributed by atoms with E-state index >= 15 is 0 Å². The quantitative estimate of drug-likeness (QED) is 0.714. The molecule has 0 aromatic heterocycles. The van der Waals surface area contributed by atoms with Gasteiger partial charge in [-0.1, -0.05) is 29.8 Å². The molecule has 0 aliphatic heterocycles. The van der Waals surface area contributed by atoms with E-state index < -0.39 is 10.0 Å². The highest BCUT2D eigenvalue weighted by molar-refractivity contribution is 7.92. The molecule has 0 unspecified atom stereocenters. The summed E-state index contributed by atoms with van der Waals surface area (Å²) in [6.07, 6.45) is 1.88. The SMILES string of the molecule is COc1ccc(CNC(=O)CCCN(c2ccc(C)cc2)S(C)(=O)=O)cc1. The van der Waals surface area contributed by atoms with Crippen molar-refractivity contribution in [3.05, 3.63) is 59.7 Å². The third-order valence-corrected chi connectivity index (χ3v) is 5.33. The van der Waals surface area contributed by atoms with E-state index in [1.807, 2.05) is 43.3 Å². The molecule has 2 aromatic rings. The van der Waals surface area contributed by atoms with Crippen LogP contribution < -0.4 is 14.4 Å². The third-order valence-electron chi connectivity index (χ3n) is 4.14. The number of carbonyl (C=O) groups excluding carboxylic acids is 1. The number of aryl methyl sites for hydroxylation is 1. The van der Waals surface area contributed by atoms with Gasteiger partial charge in [-0.15, -0.1) is 0 Å². The largest absolute Gasteiger partial charge is 0.497 e. The summed E-state index contributed by atoms with van der Waals surface area (Å²) in [5.41, 5.74) is 2.65. The lowest BCUT2D eigenvalue weighted by Gasteiger charge is -2.22. The minimum atomic E-state index is -3.40. The first-order chi connectivity index (χ1) is 12.8. The second kappa shape index (κ2) is 9.41. The Morgan fingerprint density at radius 3 is 2.26 bits per heavy atom. The molecule has 27 heavy (non-hydrogen) atoms. The fourth-order valence-corrected chi connectivity index (χ4v) is 3.58. The van der Waals surface area contributed by atoms with E-state index in [9.17, 15) is 13.2 Å². The molecular formula is C20H26N2O4S. The fourth-order valence-electron chi connectivity index (χ4n) is 2.61. The molecule has 6 nitrogen and oxygen atoms in total. The number of hydrogen-bond donors (Lipinski definition) is 1. The Kier molecular flexibility index (Phi) is 7.24. The van der Waals surface area contributed by atoms with Crippen LogP contribution in [0.15, 0.2) is 48.5 Å². The Hall–Kier alpha value is -2.54. The Labute approximate surface area is 161 Å². The van der Waals surface area contributed by atoms with Crippen LogP contribution in [0.2, 0.25) is 0 Å². The summed E-state index contributed by atoms with van der Waals surface area (Å²) < 4.78 is 30.6. The number of rotatable bonds is 9. The molecule has 0 saturated carbocycles. The van der Waals surface area contributed by atoms with Gasteiger partial charge in [0.25, 0.3) is 0 Å². The van der Waals surface area contributed by atoms with Crippen molar-refractivity contribution in [2.45, 2.75) is 26.3 Å². The van der Waals surface area contributed by atoms with Crippen molar-refractivity contribution in [1.29, 1.82) is 0 Å². The predicted molar refractivity (Wildman–Crippen MR) is 107 cm³/mol. The fraction of sp³-hybridized carbons (Fsp3) is 0.350. The molecule has 0 fully saturated rings. The molecule has 2 aromatic carbocycles. The van der Waals surface area contributed by atoms with E-state index in [1.54, 1.807) is 19.2 Å². The lowest BCUT2D eigenvalue weighted by Crippen LogP contribution is -2.32. The van der Waals surface area contributed by atoms with E-state index in [2.05, 4.69) is 5.32 Å². The molecule has 7 heteroatoms. The minimum Gasteiger partial charge on any atom is -0.497 e. The topological polar surface area (TPSA) is 75.7 Å². The van der Waals surface area contributed by atoms with Crippen molar-refractivity contribution in [2.24, 2.45) is 0 Å². The van der Waals surface area contributed by atoms with E-state index in [-0.39, 0.29) is 18.9 Å². The van der Waals surface area contributed by atoms with Gasteiger partial charge in [-0.3, -0.25) is 9.10 Å². The Bertz CT molecular complexity index is 847. The van der Waals surface area contributed by atoms with E-state index in [0.717, 1.165) is 16.9 Å². The predicted octanol–water partition coefficient (Wildman–Crippen LogP) is 2.87. The lowest BCUT2D eigenvalue weighted by atomic mass is 10.2. The van der Waals surface area contributed by atoms with Gasteiger partial charge in [-0.25, -0.2) is 8.42 Å². The van der Waals surface area contributed by atoms with Gasteiger partial charge >= 0.3 is 0 Å². The molecule has 0 aliphatic carbocycles. The van der Waals surface area contributed by atoms with Gasteiger partial charge in [0.05, 0.1) is 19.1 Å². The van der Waals surface area contributed by atoms with Gasteiger partial charge in [0, 0.05) is 19.5 Å². The number of carbonyl (C=O) groups is 1. The maximum Gasteiger partial charge on any atom is 0.232 e. The van der Waals surface area contributed by atoms with E-state index in [1.165, 1.54) is 10.6 Å². The molecular weight excluding hydrogens is 364 g/mol. The van der Waals surface area contributed by atoms with Crippen LogP contribution in [0.1, 0.15) is 24.0 Å². The number of ether oxygens (including phenoxy) is 1. The monoisotopic (exact) mass is 390 g/mol. The molecule has 0 atom stereocenters. The second-order valence-electron chi connectivity index (χ2n) is 6.40. The second-order valence-corrected chi connectivity index (χ2v) is 8.31. The zero-order chi connectivity index (χ0) is 19.9. The van der Waals surface area contributed by atoms with Crippen LogP contribution in [-0.4, -0.2) is 34.2 Å². The smallest absolute Gasteiger partial charge is 0.232 e. The number of sulfonamides is 1. The maximum absolute atomic E-state index is 12.1. The van der Waals surface area contributed by atoms with Crippen LogP contribution in [-0.2, 0) is 21.4 Å². The Morgan fingerprint density at radius 1 is 1.07 bits per heavy atom. The van der Waals surface area contributed by atoms with Crippen molar-refractivity contribution in [3.63, 3.8) is 0 Å². The number of anilines is 1. The number of amides is 1. The van der Waals surface area contributed by atoms with Crippen molar-refractivity contribution >= 4 is 21.6 Å². The molecule has 1 amide bonds. The van der Waals surface area contributed by atoms with Crippen molar-refractivity contribution in [1.82, 2.24) is 5.32 Å². The number of nitrogens with one attached hydrogen (secondary N) is 1. The zero-order valence-electron chi connectivity index (χ0n) is 15.9. The molecule has 0 radical (unpaired) electrons. The summed E-state index contributed by atoms with van der Waals surface area (Å²) in [6.45, 7) is 2.64. The van der Waals surface area contributed by atoms with Gasteiger partial charge in [0.15, 0.2) is 0 Å².